The van der Waals surface area contributed by atoms with Crippen LogP contribution in [-0.4, -0.2) is 39.9 Å². The van der Waals surface area contributed by atoms with E-state index in [0.717, 1.165) is 41.8 Å². The van der Waals surface area contributed by atoms with Crippen molar-refractivity contribution in [3.05, 3.63) is 77.7 Å². The van der Waals surface area contributed by atoms with Crippen molar-refractivity contribution in [1.29, 1.82) is 0 Å². The van der Waals surface area contributed by atoms with Gasteiger partial charge in [0, 0.05) is 42.8 Å². The van der Waals surface area contributed by atoms with Gasteiger partial charge in [0.2, 0.25) is 0 Å². The third kappa shape index (κ3) is 5.21. The third-order valence-electron chi connectivity index (χ3n) is 6.34. The molecule has 178 valence electrons. The molecule has 0 saturated carbocycles. The number of pyridine rings is 2. The zero-order valence-corrected chi connectivity index (χ0v) is 19.1. The zero-order chi connectivity index (χ0) is 24.3. The fourth-order valence-corrected chi connectivity index (χ4v) is 4.45. The predicted octanol–water partition coefficient (Wildman–Crippen LogP) is 5.82. The van der Waals surface area contributed by atoms with Crippen LogP contribution in [0.3, 0.4) is 0 Å². The molecule has 1 saturated heterocycles. The molecule has 0 bridgehead atoms. The van der Waals surface area contributed by atoms with Crippen LogP contribution in [0.25, 0.3) is 11.1 Å². The highest BCUT2D eigenvalue weighted by atomic mass is 19.4. The molecule has 1 aromatic carbocycles. The Kier molecular flexibility index (Phi) is 6.86. The molecule has 4 rings (SSSR count). The minimum Gasteiger partial charge on any atom is -0.368 e. The number of amides is 1. The summed E-state index contributed by atoms with van der Waals surface area (Å²) >= 11 is 0. The summed E-state index contributed by atoms with van der Waals surface area (Å²) in [5, 5.41) is 3.14. The summed E-state index contributed by atoms with van der Waals surface area (Å²) in [5.41, 5.74) is 2.53. The van der Waals surface area contributed by atoms with E-state index in [9.17, 15) is 18.0 Å². The summed E-state index contributed by atoms with van der Waals surface area (Å²) < 4.78 is 38.5. The molecule has 2 atom stereocenters. The Balaban J connectivity index is 1.57. The van der Waals surface area contributed by atoms with Crippen molar-refractivity contribution in [3.8, 4) is 11.1 Å². The minimum atomic E-state index is -4.42. The van der Waals surface area contributed by atoms with Crippen LogP contribution in [0.15, 0.2) is 61.1 Å². The SMILES string of the molecule is Cc1ccc(-c2cccnc2)c(C(=O)N2CCC[C@@H](C)C2CNc2ccc(C(F)(F)F)cn2)c1. The van der Waals surface area contributed by atoms with Gasteiger partial charge in [-0.25, -0.2) is 4.98 Å². The van der Waals surface area contributed by atoms with E-state index < -0.39 is 11.7 Å². The number of nitrogens with one attached hydrogen (secondary N) is 1. The smallest absolute Gasteiger partial charge is 0.368 e. The van der Waals surface area contributed by atoms with Crippen molar-refractivity contribution in [2.45, 2.75) is 38.9 Å². The average Bonchev–Trinajstić information content (AvgIpc) is 2.83. The van der Waals surface area contributed by atoms with Gasteiger partial charge in [-0.15, -0.1) is 0 Å². The zero-order valence-electron chi connectivity index (χ0n) is 19.1. The molecule has 0 spiro atoms. The van der Waals surface area contributed by atoms with Crippen LogP contribution in [0.1, 0.15) is 41.3 Å². The fraction of sp³-hybridized carbons (Fsp3) is 0.346. The highest BCUT2D eigenvalue weighted by Gasteiger charge is 2.34. The molecule has 3 aromatic rings. The molecule has 34 heavy (non-hydrogen) atoms. The molecule has 1 unspecified atom stereocenters. The second-order valence-electron chi connectivity index (χ2n) is 8.79. The van der Waals surface area contributed by atoms with Crippen LogP contribution in [0, 0.1) is 12.8 Å². The van der Waals surface area contributed by atoms with Gasteiger partial charge in [0.15, 0.2) is 0 Å². The van der Waals surface area contributed by atoms with E-state index in [4.69, 9.17) is 0 Å². The Hall–Kier alpha value is -3.42. The third-order valence-corrected chi connectivity index (χ3v) is 6.34. The predicted molar refractivity (Wildman–Crippen MR) is 125 cm³/mol. The van der Waals surface area contributed by atoms with Gasteiger partial charge in [0.1, 0.15) is 5.82 Å². The highest BCUT2D eigenvalue weighted by Crippen LogP contribution is 2.31. The number of anilines is 1. The van der Waals surface area contributed by atoms with E-state index in [-0.39, 0.29) is 17.9 Å². The number of carbonyl (C=O) groups is 1. The van der Waals surface area contributed by atoms with E-state index in [1.54, 1.807) is 12.4 Å². The van der Waals surface area contributed by atoms with Crippen molar-refractivity contribution in [1.82, 2.24) is 14.9 Å². The normalized spacial score (nSPS) is 18.6. The van der Waals surface area contributed by atoms with Gasteiger partial charge in [0.05, 0.1) is 11.6 Å². The molecular formula is C26H27F3N4O. The highest BCUT2D eigenvalue weighted by molar-refractivity contribution is 6.01. The molecule has 5 nitrogen and oxygen atoms in total. The largest absolute Gasteiger partial charge is 0.417 e. The number of rotatable bonds is 5. The summed E-state index contributed by atoms with van der Waals surface area (Å²) in [6.07, 6.45) is 1.71. The lowest BCUT2D eigenvalue weighted by molar-refractivity contribution is -0.137. The van der Waals surface area contributed by atoms with E-state index in [0.29, 0.717) is 24.5 Å². The van der Waals surface area contributed by atoms with Crippen molar-refractivity contribution in [2.75, 3.05) is 18.4 Å². The molecule has 3 heterocycles. The summed E-state index contributed by atoms with van der Waals surface area (Å²) in [6, 6.07) is 11.8. The van der Waals surface area contributed by atoms with Gasteiger partial charge in [-0.05, 0) is 55.5 Å². The van der Waals surface area contributed by atoms with Crippen LogP contribution in [0.4, 0.5) is 19.0 Å². The maximum absolute atomic E-state index is 13.8. The van der Waals surface area contributed by atoms with Crippen molar-refractivity contribution in [3.63, 3.8) is 0 Å². The van der Waals surface area contributed by atoms with Crippen LogP contribution < -0.4 is 5.32 Å². The standard InChI is InChI=1S/C26H27F3N4O/c1-17-7-9-21(19-6-3-11-30-14-19)22(13-17)25(34)33-12-4-5-18(2)23(33)16-32-24-10-8-20(15-31-24)26(27,28)29/h3,6-11,13-15,18,23H,4-5,12,16H2,1-2H3,(H,31,32)/t18-,23?/m1/s1. The maximum Gasteiger partial charge on any atom is 0.417 e. The molecule has 0 aliphatic carbocycles. The number of carbonyl (C=O) groups excluding carboxylic acids is 1. The summed E-state index contributed by atoms with van der Waals surface area (Å²) in [5.74, 6) is 0.525. The van der Waals surface area contributed by atoms with E-state index in [1.165, 1.54) is 6.07 Å². The fourth-order valence-electron chi connectivity index (χ4n) is 4.45. The van der Waals surface area contributed by atoms with E-state index in [1.807, 2.05) is 42.2 Å². The Morgan fingerprint density at radius 3 is 2.68 bits per heavy atom. The second kappa shape index (κ2) is 9.83. The maximum atomic E-state index is 13.8. The van der Waals surface area contributed by atoms with Crippen molar-refractivity contribution < 1.29 is 18.0 Å². The first-order valence-electron chi connectivity index (χ1n) is 11.3. The average molecular weight is 469 g/mol. The Bertz CT molecular complexity index is 1130. The van der Waals surface area contributed by atoms with E-state index in [2.05, 4.69) is 22.2 Å². The lowest BCUT2D eigenvalue weighted by atomic mass is 9.89. The summed E-state index contributed by atoms with van der Waals surface area (Å²) in [4.78, 5) is 23.8. The molecular weight excluding hydrogens is 441 g/mol. The van der Waals surface area contributed by atoms with Crippen molar-refractivity contribution >= 4 is 11.7 Å². The monoisotopic (exact) mass is 468 g/mol. The molecule has 0 radical (unpaired) electrons. The molecule has 1 aliphatic heterocycles. The summed E-state index contributed by atoms with van der Waals surface area (Å²) in [7, 11) is 0. The number of hydrogen-bond donors (Lipinski definition) is 1. The van der Waals surface area contributed by atoms with E-state index >= 15 is 0 Å². The van der Waals surface area contributed by atoms with Gasteiger partial charge in [-0.3, -0.25) is 9.78 Å². The number of piperidine rings is 1. The second-order valence-corrected chi connectivity index (χ2v) is 8.79. The first-order valence-corrected chi connectivity index (χ1v) is 11.3. The molecule has 1 N–H and O–H groups in total. The van der Waals surface area contributed by atoms with Gasteiger partial charge < -0.3 is 10.2 Å². The Labute approximate surface area is 197 Å². The van der Waals surface area contributed by atoms with Crippen LogP contribution in [0.5, 0.6) is 0 Å². The number of hydrogen-bond acceptors (Lipinski definition) is 4. The molecule has 8 heteroatoms. The van der Waals surface area contributed by atoms with Gasteiger partial charge >= 0.3 is 6.18 Å². The van der Waals surface area contributed by atoms with Gasteiger partial charge in [0.25, 0.3) is 5.91 Å². The lowest BCUT2D eigenvalue weighted by Gasteiger charge is -2.40. The first-order chi connectivity index (χ1) is 16.2. The van der Waals surface area contributed by atoms with Crippen LogP contribution in [0.2, 0.25) is 0 Å². The number of nitrogens with zero attached hydrogens (tertiary/aromatic N) is 3. The minimum absolute atomic E-state index is 0.0544. The Morgan fingerprint density at radius 2 is 2.00 bits per heavy atom. The number of halogens is 3. The van der Waals surface area contributed by atoms with Crippen molar-refractivity contribution in [2.24, 2.45) is 5.92 Å². The van der Waals surface area contributed by atoms with Gasteiger partial charge in [-0.2, -0.15) is 13.2 Å². The molecule has 1 amide bonds. The number of aryl methyl sites for hydroxylation is 1. The molecule has 1 aliphatic rings. The number of aromatic nitrogens is 2. The van der Waals surface area contributed by atoms with Crippen LogP contribution in [-0.2, 0) is 6.18 Å². The topological polar surface area (TPSA) is 58.1 Å². The van der Waals surface area contributed by atoms with Gasteiger partial charge in [-0.1, -0.05) is 30.7 Å². The Morgan fingerprint density at radius 1 is 1.18 bits per heavy atom. The lowest BCUT2D eigenvalue weighted by Crippen LogP contribution is -2.51. The number of alkyl halides is 3. The summed E-state index contributed by atoms with van der Waals surface area (Å²) in [6.45, 7) is 5.08. The molecule has 1 fully saturated rings. The molecule has 2 aromatic heterocycles. The van der Waals surface area contributed by atoms with Crippen LogP contribution >= 0.6 is 0 Å². The first kappa shape index (κ1) is 23.7. The quantitative estimate of drug-likeness (QED) is 0.512. The number of benzene rings is 1. The number of likely N-dealkylation sites (tertiary alicyclic amines) is 1.